The van der Waals surface area contributed by atoms with Crippen molar-refractivity contribution in [2.75, 3.05) is 39.4 Å². The molecule has 0 atom stereocenters. The number of rotatable bonds is 4. The van der Waals surface area contributed by atoms with Crippen molar-refractivity contribution in [3.05, 3.63) is 23.5 Å². The summed E-state index contributed by atoms with van der Waals surface area (Å²) in [5.74, 6) is 0. The van der Waals surface area contributed by atoms with E-state index in [-0.39, 0.29) is 16.0 Å². The van der Waals surface area contributed by atoms with Crippen molar-refractivity contribution in [3.8, 4) is 0 Å². The Morgan fingerprint density at radius 1 is 1.15 bits per heavy atom. The standard InChI is InChI=1S/C18H23F2N3O3S/c1-12-15(3-2-14(21-12)16(19)20)27(24,25)23-8-18(9-23)6-22(7-18)13-4-17(5-13)10-26-11-17/h2-3,13,16H,4-11H2,1H3. The molecule has 4 fully saturated rings. The first-order valence-corrected chi connectivity index (χ1v) is 10.7. The van der Waals surface area contributed by atoms with Gasteiger partial charge in [0.15, 0.2) is 0 Å². The van der Waals surface area contributed by atoms with Crippen molar-refractivity contribution in [1.82, 2.24) is 14.2 Å². The largest absolute Gasteiger partial charge is 0.380 e. The molecule has 3 aliphatic heterocycles. The molecule has 1 saturated carbocycles. The Kier molecular flexibility index (Phi) is 3.77. The number of likely N-dealkylation sites (tertiary alicyclic amines) is 1. The fourth-order valence-electron chi connectivity index (χ4n) is 5.07. The van der Waals surface area contributed by atoms with Gasteiger partial charge in [-0.05, 0) is 31.9 Å². The number of aryl methyl sites for hydroxylation is 1. The lowest BCUT2D eigenvalue weighted by atomic mass is 9.61. The third-order valence-electron chi connectivity index (χ3n) is 6.67. The Hall–Kier alpha value is -1.16. The summed E-state index contributed by atoms with van der Waals surface area (Å²) in [4.78, 5) is 6.26. The van der Waals surface area contributed by atoms with Crippen LogP contribution in [0.4, 0.5) is 8.78 Å². The highest BCUT2D eigenvalue weighted by Crippen LogP contribution is 2.53. The molecule has 1 aromatic rings. The summed E-state index contributed by atoms with van der Waals surface area (Å²) in [5, 5.41) is 0. The number of alkyl halides is 2. The van der Waals surface area contributed by atoms with Gasteiger partial charge in [-0.25, -0.2) is 17.2 Å². The van der Waals surface area contributed by atoms with E-state index in [1.165, 1.54) is 30.1 Å². The van der Waals surface area contributed by atoms with Gasteiger partial charge in [0.2, 0.25) is 10.0 Å². The number of halogens is 2. The summed E-state index contributed by atoms with van der Waals surface area (Å²) in [5.41, 5.74) is 0.246. The van der Waals surface area contributed by atoms with E-state index in [4.69, 9.17) is 4.74 Å². The number of hydrogen-bond acceptors (Lipinski definition) is 5. The van der Waals surface area contributed by atoms with Gasteiger partial charge in [-0.1, -0.05) is 0 Å². The Labute approximate surface area is 157 Å². The quantitative estimate of drug-likeness (QED) is 0.773. The number of aromatic nitrogens is 1. The zero-order chi connectivity index (χ0) is 19.0. The van der Waals surface area contributed by atoms with Gasteiger partial charge < -0.3 is 4.74 Å². The number of sulfonamides is 1. The maximum absolute atomic E-state index is 12.8. The molecule has 0 aromatic carbocycles. The van der Waals surface area contributed by atoms with Crippen LogP contribution in [-0.2, 0) is 14.8 Å². The number of nitrogens with zero attached hydrogens (tertiary/aromatic N) is 3. The highest BCUT2D eigenvalue weighted by molar-refractivity contribution is 7.89. The minimum absolute atomic E-state index is 0.0313. The molecule has 148 valence electrons. The van der Waals surface area contributed by atoms with Crippen LogP contribution in [0.5, 0.6) is 0 Å². The molecule has 27 heavy (non-hydrogen) atoms. The Balaban J connectivity index is 1.20. The lowest BCUT2D eigenvalue weighted by Gasteiger charge is -2.65. The summed E-state index contributed by atoms with van der Waals surface area (Å²) in [6.07, 6.45) is -0.301. The molecule has 4 heterocycles. The first-order valence-electron chi connectivity index (χ1n) is 9.30. The van der Waals surface area contributed by atoms with Crippen molar-refractivity contribution >= 4 is 10.0 Å². The average molecular weight is 399 g/mol. The van der Waals surface area contributed by atoms with Gasteiger partial charge in [-0.2, -0.15) is 4.31 Å². The first kappa shape index (κ1) is 17.9. The summed E-state index contributed by atoms with van der Waals surface area (Å²) in [6.45, 7) is 6.16. The number of hydrogen-bond donors (Lipinski definition) is 0. The summed E-state index contributed by atoms with van der Waals surface area (Å²) in [7, 11) is -3.67. The van der Waals surface area contributed by atoms with Crippen LogP contribution in [0, 0.1) is 17.8 Å². The Morgan fingerprint density at radius 2 is 1.81 bits per heavy atom. The van der Waals surface area contributed by atoms with Crippen molar-refractivity contribution in [2.45, 2.75) is 37.1 Å². The average Bonchev–Trinajstić information content (AvgIpc) is 2.43. The van der Waals surface area contributed by atoms with Crippen molar-refractivity contribution < 1.29 is 21.9 Å². The van der Waals surface area contributed by atoms with E-state index in [2.05, 4.69) is 9.88 Å². The van der Waals surface area contributed by atoms with Crippen LogP contribution >= 0.6 is 0 Å². The van der Waals surface area contributed by atoms with Gasteiger partial charge >= 0.3 is 0 Å². The van der Waals surface area contributed by atoms with E-state index in [0.29, 0.717) is 24.5 Å². The molecule has 1 aromatic heterocycles. The van der Waals surface area contributed by atoms with E-state index >= 15 is 0 Å². The molecular weight excluding hydrogens is 376 g/mol. The van der Waals surface area contributed by atoms with Crippen LogP contribution in [0.1, 0.15) is 30.7 Å². The lowest BCUT2D eigenvalue weighted by Crippen LogP contribution is -2.76. The van der Waals surface area contributed by atoms with Gasteiger partial charge in [0, 0.05) is 43.1 Å². The van der Waals surface area contributed by atoms with Gasteiger partial charge in [0.05, 0.1) is 18.9 Å². The summed E-state index contributed by atoms with van der Waals surface area (Å²) in [6, 6.07) is 2.98. The van der Waals surface area contributed by atoms with Crippen molar-refractivity contribution in [1.29, 1.82) is 0 Å². The number of ether oxygens (including phenoxy) is 1. The van der Waals surface area contributed by atoms with E-state index in [0.717, 1.165) is 32.4 Å². The molecule has 0 amide bonds. The predicted octanol–water partition coefficient (Wildman–Crippen LogP) is 1.81. The van der Waals surface area contributed by atoms with Crippen LogP contribution in [0.3, 0.4) is 0 Å². The molecule has 0 unspecified atom stereocenters. The van der Waals surface area contributed by atoms with Crippen LogP contribution < -0.4 is 0 Å². The predicted molar refractivity (Wildman–Crippen MR) is 93.0 cm³/mol. The highest BCUT2D eigenvalue weighted by atomic mass is 32.2. The van der Waals surface area contributed by atoms with Crippen molar-refractivity contribution in [3.63, 3.8) is 0 Å². The first-order chi connectivity index (χ1) is 12.7. The van der Waals surface area contributed by atoms with Crippen LogP contribution in [0.2, 0.25) is 0 Å². The maximum Gasteiger partial charge on any atom is 0.280 e. The molecule has 5 rings (SSSR count). The Morgan fingerprint density at radius 3 is 2.33 bits per heavy atom. The van der Waals surface area contributed by atoms with Gasteiger partial charge in [0.1, 0.15) is 10.6 Å². The van der Waals surface area contributed by atoms with E-state index in [1.54, 1.807) is 0 Å². The summed E-state index contributed by atoms with van der Waals surface area (Å²) < 4.78 is 57.9. The fraction of sp³-hybridized carbons (Fsp3) is 0.722. The number of pyridine rings is 1. The molecule has 4 aliphatic rings. The molecular formula is C18H23F2N3O3S. The van der Waals surface area contributed by atoms with Crippen molar-refractivity contribution in [2.24, 2.45) is 10.8 Å². The molecule has 0 bridgehead atoms. The highest BCUT2D eigenvalue weighted by Gasteiger charge is 2.60. The smallest absolute Gasteiger partial charge is 0.280 e. The van der Waals surface area contributed by atoms with Crippen LogP contribution in [0.15, 0.2) is 17.0 Å². The second-order valence-electron chi connectivity index (χ2n) is 8.85. The molecule has 3 saturated heterocycles. The zero-order valence-corrected chi connectivity index (χ0v) is 16.0. The van der Waals surface area contributed by atoms with E-state index in [1.807, 2.05) is 0 Å². The minimum Gasteiger partial charge on any atom is -0.380 e. The molecule has 0 radical (unpaired) electrons. The normalized spacial score (nSPS) is 27.3. The third-order valence-corrected chi connectivity index (χ3v) is 8.60. The topological polar surface area (TPSA) is 62.7 Å². The SMILES string of the molecule is Cc1nc(C(F)F)ccc1S(=O)(=O)N1CC2(CN(C3CC4(COC4)C3)C2)C1. The molecule has 2 spiro atoms. The second kappa shape index (κ2) is 5.68. The van der Waals surface area contributed by atoms with Gasteiger partial charge in [0.25, 0.3) is 6.43 Å². The molecule has 1 aliphatic carbocycles. The molecule has 6 nitrogen and oxygen atoms in total. The second-order valence-corrected chi connectivity index (χ2v) is 10.8. The van der Waals surface area contributed by atoms with Gasteiger partial charge in [-0.3, -0.25) is 9.88 Å². The fourth-order valence-corrected chi connectivity index (χ4v) is 6.90. The van der Waals surface area contributed by atoms with E-state index in [9.17, 15) is 17.2 Å². The Bertz CT molecular complexity index is 866. The van der Waals surface area contributed by atoms with Crippen LogP contribution in [-0.4, -0.2) is 68.0 Å². The minimum atomic E-state index is -3.67. The van der Waals surface area contributed by atoms with E-state index < -0.39 is 22.1 Å². The third kappa shape index (κ3) is 2.66. The van der Waals surface area contributed by atoms with Gasteiger partial charge in [-0.15, -0.1) is 0 Å². The van der Waals surface area contributed by atoms with Crippen LogP contribution in [0.25, 0.3) is 0 Å². The maximum atomic E-state index is 12.8. The lowest BCUT2D eigenvalue weighted by molar-refractivity contribution is -0.211. The zero-order valence-electron chi connectivity index (χ0n) is 15.2. The molecule has 0 N–H and O–H groups in total. The monoisotopic (exact) mass is 399 g/mol. The summed E-state index contributed by atoms with van der Waals surface area (Å²) >= 11 is 0. The molecule has 9 heteroatoms.